The molecule has 0 radical (unpaired) electrons. The van der Waals surface area contributed by atoms with Crippen LogP contribution in [0.4, 0.5) is 0 Å². The van der Waals surface area contributed by atoms with Gasteiger partial charge < -0.3 is 10.6 Å². The van der Waals surface area contributed by atoms with Crippen molar-refractivity contribution in [3.63, 3.8) is 0 Å². The molecule has 0 bridgehead atoms. The van der Waals surface area contributed by atoms with Crippen molar-refractivity contribution in [2.75, 3.05) is 19.6 Å². The molecule has 0 saturated carbocycles. The molecular formula is C14H19ClN2O. The van der Waals surface area contributed by atoms with E-state index in [9.17, 15) is 4.79 Å². The highest BCUT2D eigenvalue weighted by Crippen LogP contribution is 2.21. The van der Waals surface area contributed by atoms with Crippen LogP contribution in [0.1, 0.15) is 28.8 Å². The lowest BCUT2D eigenvalue weighted by Gasteiger charge is -2.32. The second kappa shape index (κ2) is 5.72. The van der Waals surface area contributed by atoms with Gasteiger partial charge in [-0.2, -0.15) is 0 Å². The number of carbonyl (C=O) groups excluding carboxylic acids is 1. The molecule has 1 aliphatic rings. The summed E-state index contributed by atoms with van der Waals surface area (Å²) in [7, 11) is 0. The van der Waals surface area contributed by atoms with Crippen molar-refractivity contribution < 1.29 is 4.79 Å². The van der Waals surface area contributed by atoms with Gasteiger partial charge in [0.15, 0.2) is 0 Å². The van der Waals surface area contributed by atoms with E-state index in [1.54, 1.807) is 6.07 Å². The number of likely N-dealkylation sites (tertiary alicyclic amines) is 1. The molecule has 1 aromatic carbocycles. The zero-order valence-electron chi connectivity index (χ0n) is 10.7. The molecule has 1 atom stereocenters. The fourth-order valence-electron chi connectivity index (χ4n) is 2.48. The Kier molecular flexibility index (Phi) is 4.25. The van der Waals surface area contributed by atoms with Crippen molar-refractivity contribution in [2.45, 2.75) is 19.8 Å². The van der Waals surface area contributed by atoms with E-state index in [1.165, 1.54) is 0 Å². The molecule has 2 N–H and O–H groups in total. The van der Waals surface area contributed by atoms with Crippen LogP contribution in [-0.4, -0.2) is 30.4 Å². The van der Waals surface area contributed by atoms with Gasteiger partial charge in [0.25, 0.3) is 5.91 Å². The van der Waals surface area contributed by atoms with Crippen LogP contribution in [0.5, 0.6) is 0 Å². The van der Waals surface area contributed by atoms with Crippen LogP contribution < -0.4 is 5.73 Å². The average Bonchev–Trinajstić information content (AvgIpc) is 2.38. The Morgan fingerprint density at radius 3 is 3.00 bits per heavy atom. The van der Waals surface area contributed by atoms with Crippen molar-refractivity contribution in [1.82, 2.24) is 4.90 Å². The third-order valence-corrected chi connectivity index (χ3v) is 3.79. The normalized spacial score (nSPS) is 19.9. The van der Waals surface area contributed by atoms with Gasteiger partial charge in [-0.15, -0.1) is 0 Å². The monoisotopic (exact) mass is 266 g/mol. The topological polar surface area (TPSA) is 46.3 Å². The van der Waals surface area contributed by atoms with E-state index in [4.69, 9.17) is 17.3 Å². The van der Waals surface area contributed by atoms with Crippen molar-refractivity contribution in [3.05, 3.63) is 34.3 Å². The third-order valence-electron chi connectivity index (χ3n) is 3.56. The highest BCUT2D eigenvalue weighted by atomic mass is 35.5. The first-order valence-corrected chi connectivity index (χ1v) is 6.75. The quantitative estimate of drug-likeness (QED) is 0.894. The largest absolute Gasteiger partial charge is 0.338 e. The molecule has 18 heavy (non-hydrogen) atoms. The molecular weight excluding hydrogens is 248 g/mol. The Morgan fingerprint density at radius 2 is 2.33 bits per heavy atom. The predicted octanol–water partition coefficient (Wildman–Crippen LogP) is 2.46. The minimum absolute atomic E-state index is 0.0994. The first kappa shape index (κ1) is 13.4. The van der Waals surface area contributed by atoms with E-state index >= 15 is 0 Å². The number of carbonyl (C=O) groups is 1. The smallest absolute Gasteiger partial charge is 0.254 e. The molecule has 98 valence electrons. The Labute approximate surface area is 113 Å². The maximum Gasteiger partial charge on any atom is 0.254 e. The van der Waals surface area contributed by atoms with Gasteiger partial charge in [-0.3, -0.25) is 4.79 Å². The molecule has 0 spiro atoms. The second-order valence-electron chi connectivity index (χ2n) is 4.95. The van der Waals surface area contributed by atoms with Crippen LogP contribution >= 0.6 is 11.6 Å². The minimum atomic E-state index is 0.0994. The van der Waals surface area contributed by atoms with Gasteiger partial charge in [0.1, 0.15) is 0 Å². The predicted molar refractivity (Wildman–Crippen MR) is 73.9 cm³/mol. The summed E-state index contributed by atoms with van der Waals surface area (Å²) in [4.78, 5) is 14.3. The highest BCUT2D eigenvalue weighted by molar-refractivity contribution is 6.30. The summed E-state index contributed by atoms with van der Waals surface area (Å²) in [6, 6.07) is 5.41. The van der Waals surface area contributed by atoms with E-state index in [0.717, 1.165) is 37.1 Å². The summed E-state index contributed by atoms with van der Waals surface area (Å²) in [6.45, 7) is 4.18. The second-order valence-corrected chi connectivity index (χ2v) is 5.39. The number of aryl methyl sites for hydroxylation is 1. The molecule has 1 unspecified atom stereocenters. The number of rotatable bonds is 2. The number of nitrogens with zero attached hydrogens (tertiary/aromatic N) is 1. The highest BCUT2D eigenvalue weighted by Gasteiger charge is 2.24. The van der Waals surface area contributed by atoms with E-state index in [-0.39, 0.29) is 5.91 Å². The Hall–Kier alpha value is -1.06. The Bertz CT molecular complexity index is 447. The van der Waals surface area contributed by atoms with Crippen molar-refractivity contribution in [3.8, 4) is 0 Å². The van der Waals surface area contributed by atoms with Crippen molar-refractivity contribution in [1.29, 1.82) is 0 Å². The molecule has 1 aliphatic heterocycles. The van der Waals surface area contributed by atoms with Crippen LogP contribution in [0.15, 0.2) is 18.2 Å². The SMILES string of the molecule is Cc1cc(Cl)ccc1C(=O)N1CCCC(CN)C1. The van der Waals surface area contributed by atoms with Gasteiger partial charge in [0.2, 0.25) is 0 Å². The molecule has 0 aromatic heterocycles. The summed E-state index contributed by atoms with van der Waals surface area (Å²) in [5, 5.41) is 0.669. The van der Waals surface area contributed by atoms with E-state index in [1.807, 2.05) is 24.0 Å². The zero-order valence-corrected chi connectivity index (χ0v) is 11.4. The lowest BCUT2D eigenvalue weighted by molar-refractivity contribution is 0.0677. The van der Waals surface area contributed by atoms with Crippen LogP contribution in [0.3, 0.4) is 0 Å². The standard InChI is InChI=1S/C14H19ClN2O/c1-10-7-12(15)4-5-13(10)14(18)17-6-2-3-11(8-16)9-17/h4-5,7,11H,2-3,6,8-9,16H2,1H3. The first-order chi connectivity index (χ1) is 8.61. The summed E-state index contributed by atoms with van der Waals surface area (Å²) in [5.74, 6) is 0.539. The molecule has 1 saturated heterocycles. The number of halogens is 1. The fourth-order valence-corrected chi connectivity index (χ4v) is 2.71. The molecule has 1 heterocycles. The Morgan fingerprint density at radius 1 is 1.56 bits per heavy atom. The van der Waals surface area contributed by atoms with E-state index < -0.39 is 0 Å². The van der Waals surface area contributed by atoms with Crippen LogP contribution in [-0.2, 0) is 0 Å². The van der Waals surface area contributed by atoms with Crippen LogP contribution in [0.25, 0.3) is 0 Å². The van der Waals surface area contributed by atoms with Gasteiger partial charge in [0, 0.05) is 23.7 Å². The molecule has 3 nitrogen and oxygen atoms in total. The fraction of sp³-hybridized carbons (Fsp3) is 0.500. The molecule has 0 aliphatic carbocycles. The third kappa shape index (κ3) is 2.85. The van der Waals surface area contributed by atoms with Gasteiger partial charge in [-0.1, -0.05) is 11.6 Å². The summed E-state index contributed by atoms with van der Waals surface area (Å²) < 4.78 is 0. The van der Waals surface area contributed by atoms with Crippen molar-refractivity contribution in [2.24, 2.45) is 11.7 Å². The molecule has 1 fully saturated rings. The number of hydrogen-bond acceptors (Lipinski definition) is 2. The first-order valence-electron chi connectivity index (χ1n) is 6.37. The van der Waals surface area contributed by atoms with E-state index in [0.29, 0.717) is 17.5 Å². The molecule has 1 amide bonds. The summed E-state index contributed by atoms with van der Waals surface area (Å²) >= 11 is 5.91. The van der Waals surface area contributed by atoms with Crippen LogP contribution in [0, 0.1) is 12.8 Å². The lowest BCUT2D eigenvalue weighted by Crippen LogP contribution is -2.42. The molecule has 2 rings (SSSR count). The van der Waals surface area contributed by atoms with Gasteiger partial charge in [-0.05, 0) is 56.0 Å². The van der Waals surface area contributed by atoms with Gasteiger partial charge >= 0.3 is 0 Å². The van der Waals surface area contributed by atoms with Gasteiger partial charge in [0.05, 0.1) is 0 Å². The number of amides is 1. The summed E-state index contributed by atoms with van der Waals surface area (Å²) in [6.07, 6.45) is 2.17. The number of nitrogens with two attached hydrogens (primary N) is 1. The zero-order chi connectivity index (χ0) is 13.1. The minimum Gasteiger partial charge on any atom is -0.338 e. The lowest BCUT2D eigenvalue weighted by atomic mass is 9.97. The van der Waals surface area contributed by atoms with Gasteiger partial charge in [-0.25, -0.2) is 0 Å². The maximum atomic E-state index is 12.4. The molecule has 4 heteroatoms. The Balaban J connectivity index is 2.15. The molecule has 1 aromatic rings. The average molecular weight is 267 g/mol. The number of piperidine rings is 1. The maximum absolute atomic E-state index is 12.4. The van der Waals surface area contributed by atoms with Crippen molar-refractivity contribution >= 4 is 17.5 Å². The number of benzene rings is 1. The van der Waals surface area contributed by atoms with Crippen LogP contribution in [0.2, 0.25) is 5.02 Å². The summed E-state index contributed by atoms with van der Waals surface area (Å²) in [5.41, 5.74) is 7.38. The van der Waals surface area contributed by atoms with E-state index in [2.05, 4.69) is 0 Å². The number of hydrogen-bond donors (Lipinski definition) is 1.